The normalized spacial score (nSPS) is 24.8. The van der Waals surface area contributed by atoms with Gasteiger partial charge in [-0.05, 0) is 24.8 Å². The van der Waals surface area contributed by atoms with Crippen LogP contribution in [0.2, 0.25) is 5.02 Å². The summed E-state index contributed by atoms with van der Waals surface area (Å²) < 4.78 is 27.0. The van der Waals surface area contributed by atoms with Crippen molar-refractivity contribution in [2.45, 2.75) is 30.7 Å². The molecule has 0 bridgehead atoms. The summed E-state index contributed by atoms with van der Waals surface area (Å²) in [5.41, 5.74) is 11.4. The minimum atomic E-state index is -3.73. The summed E-state index contributed by atoms with van der Waals surface area (Å²) in [7, 11) is -3.73. The molecule has 8 heteroatoms. The van der Waals surface area contributed by atoms with E-state index in [0.29, 0.717) is 6.54 Å². The number of piperidine rings is 1. The molecule has 2 atom stereocenters. The van der Waals surface area contributed by atoms with Crippen LogP contribution in [-0.2, 0) is 10.0 Å². The van der Waals surface area contributed by atoms with E-state index < -0.39 is 10.0 Å². The van der Waals surface area contributed by atoms with Crippen LogP contribution in [0, 0.1) is 5.92 Å². The topological polar surface area (TPSA) is 102 Å². The van der Waals surface area contributed by atoms with Crippen LogP contribution in [0.25, 0.3) is 0 Å². The number of hydrogen-bond acceptors (Lipinski definition) is 5. The lowest BCUT2D eigenvalue weighted by molar-refractivity contribution is 0.192. The fourth-order valence-electron chi connectivity index (χ4n) is 2.62. The molecule has 2 unspecified atom stereocenters. The first-order valence-corrected chi connectivity index (χ1v) is 8.32. The Hall–Kier alpha value is -0.890. The van der Waals surface area contributed by atoms with Crippen molar-refractivity contribution in [3.05, 3.63) is 17.3 Å². The van der Waals surface area contributed by atoms with Gasteiger partial charge in [0, 0.05) is 25.3 Å². The molecule has 0 amide bonds. The third kappa shape index (κ3) is 2.76. The van der Waals surface area contributed by atoms with Crippen LogP contribution in [0.3, 0.4) is 0 Å². The minimum absolute atomic E-state index is 0.0385. The lowest BCUT2D eigenvalue weighted by Crippen LogP contribution is -2.51. The van der Waals surface area contributed by atoms with Crippen LogP contribution in [0.15, 0.2) is 17.2 Å². The lowest BCUT2D eigenvalue weighted by atomic mass is 9.93. The molecule has 1 fully saturated rings. The Morgan fingerprint density at radius 3 is 2.90 bits per heavy atom. The van der Waals surface area contributed by atoms with Crippen molar-refractivity contribution in [3.8, 4) is 0 Å². The number of pyridine rings is 1. The minimum Gasteiger partial charge on any atom is -0.383 e. The van der Waals surface area contributed by atoms with E-state index in [-0.39, 0.29) is 34.2 Å². The predicted octanol–water partition coefficient (Wildman–Crippen LogP) is 1.07. The highest BCUT2D eigenvalue weighted by Crippen LogP contribution is 2.31. The maximum absolute atomic E-state index is 12.8. The Labute approximate surface area is 124 Å². The number of aromatic nitrogens is 1. The van der Waals surface area contributed by atoms with E-state index in [9.17, 15) is 8.42 Å². The molecule has 1 aliphatic heterocycles. The molecule has 0 aliphatic carbocycles. The van der Waals surface area contributed by atoms with E-state index in [2.05, 4.69) is 4.98 Å². The first-order chi connectivity index (χ1) is 9.37. The summed E-state index contributed by atoms with van der Waals surface area (Å²) in [4.78, 5) is 3.77. The largest absolute Gasteiger partial charge is 0.383 e. The van der Waals surface area contributed by atoms with Gasteiger partial charge in [-0.15, -0.1) is 0 Å². The standard InChI is InChI=1S/C12H19ClN4O2S/c1-8-3-2-4-17(10(8)6-14)20(18,19)11-5-9(13)7-16-12(11)15/h5,7-8,10H,2-4,6,14H2,1H3,(H2,15,16). The fourth-order valence-corrected chi connectivity index (χ4v) is 4.71. The maximum Gasteiger partial charge on any atom is 0.247 e. The van der Waals surface area contributed by atoms with Crippen LogP contribution in [-0.4, -0.2) is 36.8 Å². The fraction of sp³-hybridized carbons (Fsp3) is 0.583. The van der Waals surface area contributed by atoms with Crippen molar-refractivity contribution in [2.24, 2.45) is 11.7 Å². The van der Waals surface area contributed by atoms with Gasteiger partial charge in [-0.2, -0.15) is 4.31 Å². The van der Waals surface area contributed by atoms with Crippen LogP contribution in [0.5, 0.6) is 0 Å². The van der Waals surface area contributed by atoms with Crippen LogP contribution in [0.1, 0.15) is 19.8 Å². The van der Waals surface area contributed by atoms with Crippen molar-refractivity contribution < 1.29 is 8.42 Å². The number of nitrogens with zero attached hydrogens (tertiary/aromatic N) is 2. The van der Waals surface area contributed by atoms with Gasteiger partial charge in [-0.3, -0.25) is 0 Å². The second kappa shape index (κ2) is 5.85. The zero-order valence-corrected chi connectivity index (χ0v) is 12.9. The molecule has 1 saturated heterocycles. The summed E-state index contributed by atoms with van der Waals surface area (Å²) >= 11 is 5.84. The summed E-state index contributed by atoms with van der Waals surface area (Å²) in [6, 6.07) is 1.12. The van der Waals surface area contributed by atoms with Crippen molar-refractivity contribution >= 4 is 27.4 Å². The van der Waals surface area contributed by atoms with Gasteiger partial charge in [0.05, 0.1) is 5.02 Å². The summed E-state index contributed by atoms with van der Waals surface area (Å²) in [6.45, 7) is 2.74. The zero-order valence-electron chi connectivity index (χ0n) is 11.3. The van der Waals surface area contributed by atoms with Crippen molar-refractivity contribution in [3.63, 3.8) is 0 Å². The van der Waals surface area contributed by atoms with Crippen LogP contribution in [0.4, 0.5) is 5.82 Å². The molecule has 2 heterocycles. The monoisotopic (exact) mass is 318 g/mol. The molecule has 112 valence electrons. The molecule has 20 heavy (non-hydrogen) atoms. The summed E-state index contributed by atoms with van der Waals surface area (Å²) in [5.74, 6) is 0.181. The first kappa shape index (κ1) is 15.5. The third-order valence-corrected chi connectivity index (χ3v) is 5.90. The smallest absolute Gasteiger partial charge is 0.247 e. The Morgan fingerprint density at radius 1 is 1.55 bits per heavy atom. The molecular weight excluding hydrogens is 300 g/mol. The molecule has 0 spiro atoms. The number of halogens is 1. The maximum atomic E-state index is 12.8. The molecule has 0 saturated carbocycles. The molecule has 2 rings (SSSR count). The van der Waals surface area contributed by atoms with Gasteiger partial charge in [-0.1, -0.05) is 18.5 Å². The average Bonchev–Trinajstić information content (AvgIpc) is 2.41. The Balaban J connectivity index is 2.45. The van der Waals surface area contributed by atoms with E-state index in [4.69, 9.17) is 23.1 Å². The average molecular weight is 319 g/mol. The lowest BCUT2D eigenvalue weighted by Gasteiger charge is -2.38. The van der Waals surface area contributed by atoms with E-state index in [1.807, 2.05) is 6.92 Å². The number of nitrogens with two attached hydrogens (primary N) is 2. The Bertz CT molecular complexity index is 593. The molecule has 1 aromatic heterocycles. The van der Waals surface area contributed by atoms with Gasteiger partial charge in [0.1, 0.15) is 10.7 Å². The van der Waals surface area contributed by atoms with Crippen molar-refractivity contribution in [1.82, 2.24) is 9.29 Å². The van der Waals surface area contributed by atoms with Crippen molar-refractivity contribution in [2.75, 3.05) is 18.8 Å². The van der Waals surface area contributed by atoms with Gasteiger partial charge in [0.2, 0.25) is 10.0 Å². The molecule has 0 aromatic carbocycles. The Morgan fingerprint density at radius 2 is 2.25 bits per heavy atom. The van der Waals surface area contributed by atoms with Crippen LogP contribution >= 0.6 is 11.6 Å². The van der Waals surface area contributed by atoms with Gasteiger partial charge >= 0.3 is 0 Å². The number of nitrogen functional groups attached to an aromatic ring is 1. The number of hydrogen-bond donors (Lipinski definition) is 2. The highest BCUT2D eigenvalue weighted by atomic mass is 35.5. The van der Waals surface area contributed by atoms with Gasteiger partial charge in [0.15, 0.2) is 0 Å². The van der Waals surface area contributed by atoms with Gasteiger partial charge in [-0.25, -0.2) is 13.4 Å². The van der Waals surface area contributed by atoms with E-state index >= 15 is 0 Å². The quantitative estimate of drug-likeness (QED) is 0.867. The highest BCUT2D eigenvalue weighted by molar-refractivity contribution is 7.89. The molecule has 6 nitrogen and oxygen atoms in total. The zero-order chi connectivity index (χ0) is 14.9. The number of rotatable bonds is 3. The van der Waals surface area contributed by atoms with Gasteiger partial charge < -0.3 is 11.5 Å². The molecular formula is C12H19ClN4O2S. The highest BCUT2D eigenvalue weighted by Gasteiger charge is 2.37. The Kier molecular flexibility index (Phi) is 4.53. The van der Waals surface area contributed by atoms with E-state index in [0.717, 1.165) is 12.8 Å². The van der Waals surface area contributed by atoms with E-state index in [1.54, 1.807) is 0 Å². The third-order valence-electron chi connectivity index (χ3n) is 3.74. The predicted molar refractivity (Wildman–Crippen MR) is 78.8 cm³/mol. The SMILES string of the molecule is CC1CCCN(S(=O)(=O)c2cc(Cl)cnc2N)C1CN. The summed E-state index contributed by atoms with van der Waals surface area (Å²) in [6.07, 6.45) is 3.11. The molecule has 1 aromatic rings. The number of sulfonamides is 1. The second-order valence-electron chi connectivity index (χ2n) is 5.08. The second-order valence-corrected chi connectivity index (χ2v) is 7.37. The van der Waals surface area contributed by atoms with Gasteiger partial charge in [0.25, 0.3) is 0 Å². The first-order valence-electron chi connectivity index (χ1n) is 6.51. The van der Waals surface area contributed by atoms with Crippen LogP contribution < -0.4 is 11.5 Å². The molecule has 4 N–H and O–H groups in total. The molecule has 1 aliphatic rings. The van der Waals surface area contributed by atoms with E-state index in [1.165, 1.54) is 16.6 Å². The molecule has 0 radical (unpaired) electrons. The van der Waals surface area contributed by atoms with Crippen molar-refractivity contribution in [1.29, 1.82) is 0 Å². The summed E-state index contributed by atoms with van der Waals surface area (Å²) in [5, 5.41) is 0.243. The number of anilines is 1.